The number of thioether (sulfide) groups is 3. The fourth-order valence-electron chi connectivity index (χ4n) is 9.41. The molecule has 10 heterocycles. The Morgan fingerprint density at radius 2 is 0.822 bits per heavy atom. The molecule has 10 aliphatic rings. The molecule has 0 aliphatic carbocycles. The SMILES string of the molecule is CC1CCCCN1C.CC1CCCN(C)C1.CC1CCCN1C.CC1CCN1C.CC1CN(C)C1.CC1CN(C)CCO1.CC1CSCCN1C.CC1CSCN1C.CC1SCCN1C.CN1CCN(C)CC1. The molecule has 0 saturated carbocycles. The Morgan fingerprint density at radius 1 is 0.342 bits per heavy atom. The number of rotatable bonds is 0. The fourth-order valence-corrected chi connectivity index (χ4v) is 12.9. The molecule has 12 nitrogen and oxygen atoms in total. The van der Waals surface area contributed by atoms with Gasteiger partial charge in [0.2, 0.25) is 0 Å². The number of likely N-dealkylation sites (N-methyl/N-ethyl adjacent to an activating group) is 3. The molecule has 15 heteroatoms. The molecule has 10 rings (SSSR count). The van der Waals surface area contributed by atoms with Gasteiger partial charge in [-0.25, -0.2) is 0 Å². The summed E-state index contributed by atoms with van der Waals surface area (Å²) < 4.78 is 5.31. The van der Waals surface area contributed by atoms with E-state index in [1.54, 1.807) is 0 Å². The van der Waals surface area contributed by atoms with Crippen LogP contribution in [0.2, 0.25) is 0 Å². The summed E-state index contributed by atoms with van der Waals surface area (Å²) in [5, 5.41) is 0.764. The number of nitrogens with zero attached hydrogens (tertiary/aromatic N) is 11. The Kier molecular flexibility index (Phi) is 41.6. The predicted molar refractivity (Wildman–Crippen MR) is 333 cm³/mol. The topological polar surface area (TPSA) is 44.9 Å². The van der Waals surface area contributed by atoms with E-state index >= 15 is 0 Å². The molecular weight excluding hydrogens is 963 g/mol. The quantitative estimate of drug-likeness (QED) is 0.233. The van der Waals surface area contributed by atoms with E-state index in [9.17, 15) is 0 Å². The molecule has 0 aromatic heterocycles. The largest absolute Gasteiger partial charge is 0.376 e. The van der Waals surface area contributed by atoms with E-state index in [0.29, 0.717) is 6.10 Å². The lowest BCUT2D eigenvalue weighted by molar-refractivity contribution is -0.00861. The highest BCUT2D eigenvalue weighted by molar-refractivity contribution is 8.00. The Labute approximate surface area is 469 Å². The molecule has 0 N–H and O–H groups in total. The Bertz CT molecular complexity index is 1100. The standard InChI is InChI=1S/2C7H15N.C6H14N2.C6H13NO.C6H13NS.C6H13N.2C5H11NS.2C5H11N/c1-7-4-3-5-8(2)6-7;1-7-5-3-4-6-8(7)2;1-7-3-5-8(2)6-4-7;1-6-5-7(2)3-4-8-6;1-6-5-8-4-3-7(6)2;1-6-4-3-5-7(6)2;1-5-3-7-4-6(5)2;1-5-6(2)3-4-7-5;1-5-3-6(2)4-5;1-5-3-4-6(5)2/h2*7H,3-6H2,1-2H3;3-6H2,1-2H3;2*6H,3-5H2,1-2H3;6H,3-5H2,1-2H3;2*5H,3-4H2,1-2H3;2*5H,3-4H2,1-2H3. The molecule has 0 radical (unpaired) electrons. The maximum absolute atomic E-state index is 5.31. The van der Waals surface area contributed by atoms with Crippen LogP contribution in [0.4, 0.5) is 0 Å². The van der Waals surface area contributed by atoms with Crippen molar-refractivity contribution in [1.82, 2.24) is 53.9 Å². The van der Waals surface area contributed by atoms with Gasteiger partial charge in [0.15, 0.2) is 0 Å². The third kappa shape index (κ3) is 36.5. The van der Waals surface area contributed by atoms with Gasteiger partial charge >= 0.3 is 0 Å². The number of piperazine rings is 1. The van der Waals surface area contributed by atoms with Crippen LogP contribution in [-0.4, -0.2) is 307 Å². The van der Waals surface area contributed by atoms with Crippen LogP contribution in [0, 0.1) is 11.8 Å². The van der Waals surface area contributed by atoms with Crippen molar-refractivity contribution in [2.24, 2.45) is 11.8 Å². The molecule has 8 atom stereocenters. The third-order valence-electron chi connectivity index (χ3n) is 16.5. The minimum atomic E-state index is 0.439. The number of piperidine rings is 2. The molecule has 73 heavy (non-hydrogen) atoms. The molecule has 0 spiro atoms. The van der Waals surface area contributed by atoms with E-state index < -0.39 is 0 Å². The summed E-state index contributed by atoms with van der Waals surface area (Å²) in [5.74, 6) is 8.40. The number of morpholine rings is 1. The first kappa shape index (κ1) is 71.6. The molecular formula is C58H127N11OS3. The van der Waals surface area contributed by atoms with Crippen molar-refractivity contribution in [2.75, 3.05) is 211 Å². The second-order valence-electron chi connectivity index (χ2n) is 24.3. The molecule has 0 aromatic rings. The first-order chi connectivity index (χ1) is 34.5. The first-order valence-electron chi connectivity index (χ1n) is 29.5. The lowest BCUT2D eigenvalue weighted by atomic mass is 10.0. The monoisotopic (exact) mass is 1090 g/mol. The van der Waals surface area contributed by atoms with Gasteiger partial charge in [-0.3, -0.25) is 9.80 Å². The van der Waals surface area contributed by atoms with Crippen LogP contribution < -0.4 is 0 Å². The van der Waals surface area contributed by atoms with E-state index in [1.807, 2.05) is 23.5 Å². The van der Waals surface area contributed by atoms with Crippen molar-refractivity contribution < 1.29 is 4.74 Å². The molecule has 10 saturated heterocycles. The van der Waals surface area contributed by atoms with Gasteiger partial charge < -0.3 is 48.8 Å². The van der Waals surface area contributed by atoms with Crippen molar-refractivity contribution in [1.29, 1.82) is 0 Å². The van der Waals surface area contributed by atoms with Gasteiger partial charge in [-0.2, -0.15) is 11.8 Å². The van der Waals surface area contributed by atoms with Gasteiger partial charge in [0.25, 0.3) is 0 Å². The summed E-state index contributed by atoms with van der Waals surface area (Å²) >= 11 is 6.11. The maximum atomic E-state index is 5.31. The highest BCUT2D eigenvalue weighted by Gasteiger charge is 2.20. The zero-order chi connectivity index (χ0) is 54.9. The summed E-state index contributed by atoms with van der Waals surface area (Å²) in [6.07, 6.45) is 11.7. The normalized spacial score (nSPS) is 32.4. The second-order valence-corrected chi connectivity index (χ2v) is 27.8. The predicted octanol–water partition coefficient (Wildman–Crippen LogP) is 8.49. The van der Waals surface area contributed by atoms with Crippen LogP contribution in [0.3, 0.4) is 0 Å². The van der Waals surface area contributed by atoms with Gasteiger partial charge in [-0.1, -0.05) is 20.3 Å². The molecule has 8 unspecified atom stereocenters. The average Bonchev–Trinajstić information content (AvgIpc) is 4.05. The van der Waals surface area contributed by atoms with Crippen molar-refractivity contribution in [2.45, 2.75) is 155 Å². The lowest BCUT2D eigenvalue weighted by Gasteiger charge is -2.34. The van der Waals surface area contributed by atoms with E-state index in [1.165, 1.54) is 165 Å². The number of hydrogen-bond donors (Lipinski definition) is 0. The van der Waals surface area contributed by atoms with Crippen molar-refractivity contribution >= 4 is 35.3 Å². The summed E-state index contributed by atoms with van der Waals surface area (Å²) in [7, 11) is 23.9. The molecule has 0 aromatic carbocycles. The number of ether oxygens (including phenoxy) is 1. The summed E-state index contributed by atoms with van der Waals surface area (Å²) in [6.45, 7) is 40.0. The number of likely N-dealkylation sites (tertiary alicyclic amines) is 5. The van der Waals surface area contributed by atoms with Crippen LogP contribution >= 0.6 is 35.3 Å². The van der Waals surface area contributed by atoms with E-state index in [2.05, 4.69) is 205 Å². The van der Waals surface area contributed by atoms with E-state index in [4.69, 9.17) is 4.74 Å². The van der Waals surface area contributed by atoms with Crippen LogP contribution in [0.25, 0.3) is 0 Å². The average molecular weight is 1090 g/mol. The van der Waals surface area contributed by atoms with Crippen LogP contribution in [0.15, 0.2) is 0 Å². The Hall–Kier alpha value is 0.570. The highest BCUT2D eigenvalue weighted by Crippen LogP contribution is 2.20. The van der Waals surface area contributed by atoms with Crippen molar-refractivity contribution in [3.8, 4) is 0 Å². The molecule has 438 valence electrons. The molecule has 0 amide bonds. The first-order valence-corrected chi connectivity index (χ1v) is 32.9. The zero-order valence-corrected chi connectivity index (χ0v) is 54.7. The van der Waals surface area contributed by atoms with Crippen LogP contribution in [-0.2, 0) is 4.74 Å². The van der Waals surface area contributed by atoms with Crippen molar-refractivity contribution in [3.63, 3.8) is 0 Å². The molecule has 10 aliphatic heterocycles. The Balaban J connectivity index is 0.000000406. The summed E-state index contributed by atoms with van der Waals surface area (Å²) in [6, 6.07) is 4.16. The maximum Gasteiger partial charge on any atom is 0.0674 e. The van der Waals surface area contributed by atoms with Gasteiger partial charge in [0.1, 0.15) is 0 Å². The Morgan fingerprint density at radius 3 is 1.05 bits per heavy atom. The van der Waals surface area contributed by atoms with E-state index in [-0.39, 0.29) is 0 Å². The molecule has 0 bridgehead atoms. The second kappa shape index (κ2) is 42.5. The third-order valence-corrected chi connectivity index (χ3v) is 20.2. The van der Waals surface area contributed by atoms with Crippen molar-refractivity contribution in [3.05, 3.63) is 0 Å². The zero-order valence-electron chi connectivity index (χ0n) is 52.3. The van der Waals surface area contributed by atoms with Gasteiger partial charge in [0, 0.05) is 131 Å². The van der Waals surface area contributed by atoms with Gasteiger partial charge in [-0.05, 0) is 209 Å². The van der Waals surface area contributed by atoms with Crippen LogP contribution in [0.1, 0.15) is 114 Å². The number of hydrogen-bond acceptors (Lipinski definition) is 15. The van der Waals surface area contributed by atoms with Crippen LogP contribution in [0.5, 0.6) is 0 Å². The van der Waals surface area contributed by atoms with Gasteiger partial charge in [0.05, 0.1) is 18.1 Å². The summed E-state index contributed by atoms with van der Waals surface area (Å²) in [5.41, 5.74) is 0. The minimum Gasteiger partial charge on any atom is -0.376 e. The minimum absolute atomic E-state index is 0.439. The lowest BCUT2D eigenvalue weighted by Crippen LogP contribution is -2.42. The van der Waals surface area contributed by atoms with Gasteiger partial charge in [-0.15, -0.1) is 23.5 Å². The van der Waals surface area contributed by atoms with E-state index in [0.717, 1.165) is 67.1 Å². The smallest absolute Gasteiger partial charge is 0.0674 e. The fraction of sp³-hybridized carbons (Fsp3) is 1.00. The molecule has 10 fully saturated rings. The summed E-state index contributed by atoms with van der Waals surface area (Å²) in [4.78, 5) is 26.1. The highest BCUT2D eigenvalue weighted by atomic mass is 32.2.